The summed E-state index contributed by atoms with van der Waals surface area (Å²) in [4.78, 5) is 0. The van der Waals surface area contributed by atoms with Gasteiger partial charge in [-0.3, -0.25) is 0 Å². The van der Waals surface area contributed by atoms with E-state index in [4.69, 9.17) is 4.42 Å². The van der Waals surface area contributed by atoms with E-state index in [1.807, 2.05) is 22.7 Å². The van der Waals surface area contributed by atoms with E-state index in [2.05, 4.69) is 182 Å². The molecule has 0 radical (unpaired) electrons. The molecule has 0 bridgehead atoms. The van der Waals surface area contributed by atoms with Gasteiger partial charge in [0.25, 0.3) is 0 Å². The summed E-state index contributed by atoms with van der Waals surface area (Å²) in [6, 6.07) is 67.2. The smallest absolute Gasteiger partial charge is 0.144 e. The van der Waals surface area contributed by atoms with Crippen molar-refractivity contribution in [1.29, 1.82) is 0 Å². The second-order valence-corrected chi connectivity index (χ2v) is 17.3. The van der Waals surface area contributed by atoms with E-state index in [-0.39, 0.29) is 0 Å². The molecule has 264 valence electrons. The van der Waals surface area contributed by atoms with Gasteiger partial charge in [-0.2, -0.15) is 0 Å². The first-order valence-corrected chi connectivity index (χ1v) is 21.0. The average Bonchev–Trinajstić information content (AvgIpc) is 3.96. The third-order valence-electron chi connectivity index (χ3n) is 12.1. The highest BCUT2D eigenvalue weighted by molar-refractivity contribution is 7.26. The van der Waals surface area contributed by atoms with E-state index in [9.17, 15) is 0 Å². The summed E-state index contributed by atoms with van der Waals surface area (Å²) in [7, 11) is 0. The van der Waals surface area contributed by atoms with Crippen molar-refractivity contribution >= 4 is 117 Å². The average molecular weight is 759 g/mol. The number of thiophene rings is 2. The molecular formula is C54H30OS2. The molecule has 3 heterocycles. The van der Waals surface area contributed by atoms with Crippen molar-refractivity contribution in [2.75, 3.05) is 0 Å². The lowest BCUT2D eigenvalue weighted by atomic mass is 9.85. The van der Waals surface area contributed by atoms with Crippen LogP contribution in [0.3, 0.4) is 0 Å². The van der Waals surface area contributed by atoms with Crippen LogP contribution in [0.25, 0.3) is 128 Å². The number of hydrogen-bond acceptors (Lipinski definition) is 3. The van der Waals surface area contributed by atoms with Crippen LogP contribution in [-0.4, -0.2) is 0 Å². The minimum absolute atomic E-state index is 0.923. The molecule has 10 aromatic carbocycles. The van der Waals surface area contributed by atoms with Crippen LogP contribution in [-0.2, 0) is 0 Å². The highest BCUT2D eigenvalue weighted by atomic mass is 32.1. The molecule has 0 N–H and O–H groups in total. The molecule has 57 heavy (non-hydrogen) atoms. The Bertz CT molecular complexity index is 3750. The molecule has 13 rings (SSSR count). The molecule has 3 aromatic heterocycles. The quantitative estimate of drug-likeness (QED) is 0.164. The summed E-state index contributed by atoms with van der Waals surface area (Å²) < 4.78 is 12.1. The number of rotatable bonds is 3. The van der Waals surface area contributed by atoms with Crippen LogP contribution in [0.5, 0.6) is 0 Å². The van der Waals surface area contributed by atoms with Crippen molar-refractivity contribution in [3.63, 3.8) is 0 Å². The molecule has 0 atom stereocenters. The highest BCUT2D eigenvalue weighted by Crippen LogP contribution is 2.48. The van der Waals surface area contributed by atoms with Crippen LogP contribution in [0.4, 0.5) is 0 Å². The first kappa shape index (κ1) is 31.4. The number of fused-ring (bicyclic) bond motifs is 14. The molecule has 0 aliphatic heterocycles. The third kappa shape index (κ3) is 4.50. The number of benzene rings is 10. The lowest BCUT2D eigenvalue weighted by Gasteiger charge is -2.18. The van der Waals surface area contributed by atoms with Crippen molar-refractivity contribution in [1.82, 2.24) is 0 Å². The van der Waals surface area contributed by atoms with Gasteiger partial charge >= 0.3 is 0 Å². The van der Waals surface area contributed by atoms with Gasteiger partial charge in [0, 0.05) is 51.1 Å². The predicted molar refractivity (Wildman–Crippen MR) is 248 cm³/mol. The van der Waals surface area contributed by atoms with Crippen LogP contribution in [0.15, 0.2) is 186 Å². The van der Waals surface area contributed by atoms with Crippen LogP contribution in [0, 0.1) is 0 Å². The fourth-order valence-corrected chi connectivity index (χ4v) is 11.8. The molecule has 0 unspecified atom stereocenters. The standard InChI is InChI=1S/C54H30OS2/c1-2-13-36-34(11-1)43(30-45-52(36)42-26-28-49-53(54(42)55-45)41-18-8-10-20-47(41)57-49)31-21-23-32(24-22-31)50-37-14-3-5-16-39(37)51(40-17-6-4-15-38(40)50)33-25-27-48-44(29-33)35-12-7-9-19-46(35)56-48/h1-30H. The molecular weight excluding hydrogens is 729 g/mol. The second kappa shape index (κ2) is 11.9. The molecule has 0 fully saturated rings. The Balaban J connectivity index is 0.998. The lowest BCUT2D eigenvalue weighted by molar-refractivity contribution is 0.673. The minimum Gasteiger partial charge on any atom is -0.455 e. The SMILES string of the molecule is c1ccc2c(c1)sc1ccc(-c3c4ccccc4c(-c4ccc(-c5cc6oc7c(ccc8sc9ccccc9c87)c6c6ccccc56)cc4)c4ccccc34)cc12. The maximum absolute atomic E-state index is 6.89. The van der Waals surface area contributed by atoms with E-state index in [0.717, 1.165) is 11.2 Å². The van der Waals surface area contributed by atoms with Crippen LogP contribution in [0.1, 0.15) is 0 Å². The molecule has 0 aliphatic carbocycles. The molecule has 0 saturated carbocycles. The summed E-state index contributed by atoms with van der Waals surface area (Å²) in [6.07, 6.45) is 0. The highest BCUT2D eigenvalue weighted by Gasteiger charge is 2.20. The van der Waals surface area contributed by atoms with Crippen molar-refractivity contribution in [2.24, 2.45) is 0 Å². The van der Waals surface area contributed by atoms with Crippen molar-refractivity contribution in [3.8, 4) is 33.4 Å². The Morgan fingerprint density at radius 3 is 1.49 bits per heavy atom. The zero-order chi connectivity index (χ0) is 37.2. The molecule has 0 amide bonds. The van der Waals surface area contributed by atoms with Crippen molar-refractivity contribution in [2.45, 2.75) is 0 Å². The molecule has 3 heteroatoms. The van der Waals surface area contributed by atoms with Crippen LogP contribution >= 0.6 is 22.7 Å². The lowest BCUT2D eigenvalue weighted by Crippen LogP contribution is -1.91. The van der Waals surface area contributed by atoms with Gasteiger partial charge in [0.1, 0.15) is 11.2 Å². The zero-order valence-corrected chi connectivity index (χ0v) is 32.2. The largest absolute Gasteiger partial charge is 0.455 e. The summed E-state index contributed by atoms with van der Waals surface area (Å²) >= 11 is 3.70. The van der Waals surface area contributed by atoms with Gasteiger partial charge in [-0.25, -0.2) is 0 Å². The summed E-state index contributed by atoms with van der Waals surface area (Å²) in [5.74, 6) is 0. The Morgan fingerprint density at radius 2 is 0.789 bits per heavy atom. The number of hydrogen-bond donors (Lipinski definition) is 0. The normalized spacial score (nSPS) is 12.2. The van der Waals surface area contributed by atoms with Gasteiger partial charge in [0.15, 0.2) is 0 Å². The molecule has 0 aliphatic rings. The molecule has 13 aromatic rings. The van der Waals surface area contributed by atoms with E-state index in [0.29, 0.717) is 0 Å². The molecule has 0 saturated heterocycles. The first-order chi connectivity index (χ1) is 28.3. The Labute approximate surface area is 335 Å². The fourth-order valence-electron chi connectivity index (χ4n) is 9.59. The third-order valence-corrected chi connectivity index (χ3v) is 14.4. The Kier molecular flexibility index (Phi) is 6.54. The van der Waals surface area contributed by atoms with Crippen LogP contribution < -0.4 is 0 Å². The molecule has 1 nitrogen and oxygen atoms in total. The Morgan fingerprint density at radius 1 is 0.298 bits per heavy atom. The summed E-state index contributed by atoms with van der Waals surface area (Å²) in [6.45, 7) is 0. The Hall–Kier alpha value is -6.78. The fraction of sp³-hybridized carbons (Fsp3) is 0. The van der Waals surface area contributed by atoms with Gasteiger partial charge in [0.05, 0.1) is 0 Å². The van der Waals surface area contributed by atoms with E-state index >= 15 is 0 Å². The molecule has 0 spiro atoms. The van der Waals surface area contributed by atoms with Gasteiger partial charge in [0.2, 0.25) is 0 Å². The summed E-state index contributed by atoms with van der Waals surface area (Å²) in [5, 5.41) is 15.0. The van der Waals surface area contributed by atoms with Gasteiger partial charge < -0.3 is 4.42 Å². The minimum atomic E-state index is 0.923. The van der Waals surface area contributed by atoms with Crippen molar-refractivity contribution in [3.05, 3.63) is 182 Å². The number of furan rings is 1. The topological polar surface area (TPSA) is 13.1 Å². The van der Waals surface area contributed by atoms with E-state index in [1.165, 1.54) is 117 Å². The summed E-state index contributed by atoms with van der Waals surface area (Å²) in [5.41, 5.74) is 9.26. The second-order valence-electron chi connectivity index (χ2n) is 15.1. The van der Waals surface area contributed by atoms with Gasteiger partial charge in [-0.1, -0.05) is 140 Å². The van der Waals surface area contributed by atoms with Gasteiger partial charge in [-0.05, 0) is 108 Å². The van der Waals surface area contributed by atoms with Crippen molar-refractivity contribution < 1.29 is 4.42 Å². The van der Waals surface area contributed by atoms with E-state index in [1.54, 1.807) is 0 Å². The van der Waals surface area contributed by atoms with E-state index < -0.39 is 0 Å². The maximum Gasteiger partial charge on any atom is 0.144 e. The van der Waals surface area contributed by atoms with Gasteiger partial charge in [-0.15, -0.1) is 22.7 Å². The monoisotopic (exact) mass is 758 g/mol. The predicted octanol–water partition coefficient (Wildman–Crippen LogP) is 16.8. The maximum atomic E-state index is 6.89. The zero-order valence-electron chi connectivity index (χ0n) is 30.5. The first-order valence-electron chi connectivity index (χ1n) is 19.4. The van der Waals surface area contributed by atoms with Crippen LogP contribution in [0.2, 0.25) is 0 Å².